The Morgan fingerprint density at radius 3 is 2.65 bits per heavy atom. The highest BCUT2D eigenvalue weighted by molar-refractivity contribution is 5.95. The largest absolute Gasteiger partial charge is 0.494 e. The number of ether oxygens (including phenoxy) is 1. The third-order valence-corrected chi connectivity index (χ3v) is 6.23. The van der Waals surface area contributed by atoms with Crippen molar-refractivity contribution < 1.29 is 18.3 Å². The monoisotopic (exact) mass is 422 g/mol. The topological polar surface area (TPSA) is 71.7 Å². The van der Waals surface area contributed by atoms with Crippen LogP contribution >= 0.6 is 0 Å². The van der Waals surface area contributed by atoms with Crippen LogP contribution in [0.25, 0.3) is 11.5 Å². The van der Waals surface area contributed by atoms with Crippen molar-refractivity contribution in [3.05, 3.63) is 65.8 Å². The molecule has 160 valence electrons. The molecule has 3 aromatic rings. The summed E-state index contributed by atoms with van der Waals surface area (Å²) in [6.07, 6.45) is 0.834. The van der Waals surface area contributed by atoms with Gasteiger partial charge in [-0.25, -0.2) is 4.39 Å². The highest BCUT2D eigenvalue weighted by atomic mass is 19.1. The average molecular weight is 422 g/mol. The SMILES string of the molecule is COc1ccc(C(=O)N2CC3(CC(c4nnc(-c5ccccc5)o4)N(C)C3)C2)cc1F. The summed E-state index contributed by atoms with van der Waals surface area (Å²) in [6, 6.07) is 14.0. The lowest BCUT2D eigenvalue weighted by Crippen LogP contribution is -2.59. The maximum atomic E-state index is 14.0. The standard InChI is InChI=1S/C23H23FN4O3/c1-27-12-23(11-18(27)21-26-25-20(31-21)15-6-4-3-5-7-15)13-28(14-23)22(29)16-8-9-19(30-2)17(24)10-16/h3-10,18H,11-14H2,1-2H3. The number of amides is 1. The highest BCUT2D eigenvalue weighted by Crippen LogP contribution is 2.48. The van der Waals surface area contributed by atoms with Crippen molar-refractivity contribution in [2.75, 3.05) is 33.8 Å². The third kappa shape index (κ3) is 3.46. The van der Waals surface area contributed by atoms with Gasteiger partial charge in [0, 0.05) is 36.2 Å². The zero-order valence-electron chi connectivity index (χ0n) is 17.4. The molecule has 1 atom stereocenters. The molecule has 0 saturated carbocycles. The summed E-state index contributed by atoms with van der Waals surface area (Å²) in [7, 11) is 3.44. The number of hydrogen-bond acceptors (Lipinski definition) is 6. The number of carbonyl (C=O) groups excluding carboxylic acids is 1. The Morgan fingerprint density at radius 2 is 1.94 bits per heavy atom. The second kappa shape index (κ2) is 7.46. The summed E-state index contributed by atoms with van der Waals surface area (Å²) in [5, 5.41) is 8.49. The number of methoxy groups -OCH3 is 1. The molecule has 0 radical (unpaired) electrons. The summed E-state index contributed by atoms with van der Waals surface area (Å²) in [6.45, 7) is 2.08. The van der Waals surface area contributed by atoms with Crippen molar-refractivity contribution in [1.82, 2.24) is 20.0 Å². The highest BCUT2D eigenvalue weighted by Gasteiger charge is 2.53. The zero-order chi connectivity index (χ0) is 21.6. The van der Waals surface area contributed by atoms with Gasteiger partial charge in [0.2, 0.25) is 11.8 Å². The molecule has 3 heterocycles. The van der Waals surface area contributed by atoms with E-state index >= 15 is 0 Å². The summed E-state index contributed by atoms with van der Waals surface area (Å²) in [5.41, 5.74) is 1.21. The van der Waals surface area contributed by atoms with Crippen LogP contribution in [0.2, 0.25) is 0 Å². The molecule has 2 fully saturated rings. The maximum absolute atomic E-state index is 14.0. The first-order chi connectivity index (χ1) is 15.0. The number of aromatic nitrogens is 2. The molecule has 5 rings (SSSR count). The summed E-state index contributed by atoms with van der Waals surface area (Å²) < 4.78 is 24.9. The fourth-order valence-electron chi connectivity index (χ4n) is 4.73. The number of benzene rings is 2. The minimum atomic E-state index is -0.533. The van der Waals surface area contributed by atoms with E-state index < -0.39 is 5.82 Å². The van der Waals surface area contributed by atoms with Gasteiger partial charge in [0.05, 0.1) is 13.2 Å². The molecule has 1 aromatic heterocycles. The van der Waals surface area contributed by atoms with Crippen LogP contribution in [0.3, 0.4) is 0 Å². The maximum Gasteiger partial charge on any atom is 0.254 e. The quantitative estimate of drug-likeness (QED) is 0.642. The molecule has 0 N–H and O–H groups in total. The number of likely N-dealkylation sites (tertiary alicyclic amines) is 2. The number of rotatable bonds is 4. The van der Waals surface area contributed by atoms with E-state index in [0.717, 1.165) is 18.5 Å². The molecule has 1 spiro atoms. The smallest absolute Gasteiger partial charge is 0.254 e. The Morgan fingerprint density at radius 1 is 1.16 bits per heavy atom. The van der Waals surface area contributed by atoms with Crippen LogP contribution in [-0.4, -0.2) is 59.7 Å². The van der Waals surface area contributed by atoms with Crippen molar-refractivity contribution in [1.29, 1.82) is 0 Å². The first-order valence-corrected chi connectivity index (χ1v) is 10.2. The van der Waals surface area contributed by atoms with Crippen molar-refractivity contribution in [2.45, 2.75) is 12.5 Å². The van der Waals surface area contributed by atoms with Gasteiger partial charge >= 0.3 is 0 Å². The van der Waals surface area contributed by atoms with Gasteiger partial charge in [-0.15, -0.1) is 10.2 Å². The lowest BCUT2D eigenvalue weighted by atomic mass is 9.77. The van der Waals surface area contributed by atoms with Crippen molar-refractivity contribution >= 4 is 5.91 Å². The first kappa shape index (κ1) is 19.7. The molecule has 2 saturated heterocycles. The summed E-state index contributed by atoms with van der Waals surface area (Å²) in [4.78, 5) is 16.7. The summed E-state index contributed by atoms with van der Waals surface area (Å²) in [5.74, 6) is 0.542. The number of halogens is 1. The number of nitrogens with zero attached hydrogens (tertiary/aromatic N) is 4. The fraction of sp³-hybridized carbons (Fsp3) is 0.348. The molecular formula is C23H23FN4O3. The van der Waals surface area contributed by atoms with E-state index in [1.165, 1.54) is 19.2 Å². The van der Waals surface area contributed by atoms with Gasteiger partial charge < -0.3 is 14.1 Å². The molecule has 0 aliphatic carbocycles. The normalized spacial score (nSPS) is 20.1. The van der Waals surface area contributed by atoms with E-state index in [1.807, 2.05) is 37.4 Å². The van der Waals surface area contributed by atoms with Gasteiger partial charge in [0.25, 0.3) is 5.91 Å². The lowest BCUT2D eigenvalue weighted by molar-refractivity contribution is 0.0114. The Kier molecular flexibility index (Phi) is 4.74. The molecule has 31 heavy (non-hydrogen) atoms. The Labute approximate surface area is 179 Å². The minimum Gasteiger partial charge on any atom is -0.494 e. The van der Waals surface area contributed by atoms with Crippen LogP contribution in [0.15, 0.2) is 52.9 Å². The fourth-order valence-corrected chi connectivity index (χ4v) is 4.73. The molecule has 1 amide bonds. The van der Waals surface area contributed by atoms with Crippen LogP contribution in [0.4, 0.5) is 4.39 Å². The van der Waals surface area contributed by atoms with Crippen LogP contribution < -0.4 is 4.74 Å². The second-order valence-corrected chi connectivity index (χ2v) is 8.46. The van der Waals surface area contributed by atoms with Gasteiger partial charge in [-0.05, 0) is 43.8 Å². The van der Waals surface area contributed by atoms with E-state index in [4.69, 9.17) is 9.15 Å². The van der Waals surface area contributed by atoms with E-state index in [9.17, 15) is 9.18 Å². The van der Waals surface area contributed by atoms with Crippen LogP contribution in [0, 0.1) is 11.2 Å². The van der Waals surface area contributed by atoms with Gasteiger partial charge in [-0.1, -0.05) is 18.2 Å². The molecule has 2 aliphatic heterocycles. The molecule has 0 bridgehead atoms. The number of carbonyl (C=O) groups is 1. The van der Waals surface area contributed by atoms with Crippen LogP contribution in [0.5, 0.6) is 5.75 Å². The summed E-state index contributed by atoms with van der Waals surface area (Å²) >= 11 is 0. The molecular weight excluding hydrogens is 399 g/mol. The predicted octanol–water partition coefficient (Wildman–Crippen LogP) is 3.40. The van der Waals surface area contributed by atoms with Crippen molar-refractivity contribution in [2.24, 2.45) is 5.41 Å². The van der Waals surface area contributed by atoms with Crippen molar-refractivity contribution in [3.8, 4) is 17.2 Å². The van der Waals surface area contributed by atoms with Gasteiger partial charge in [0.1, 0.15) is 0 Å². The third-order valence-electron chi connectivity index (χ3n) is 6.23. The Hall–Kier alpha value is -3.26. The van der Waals surface area contributed by atoms with Crippen molar-refractivity contribution in [3.63, 3.8) is 0 Å². The van der Waals surface area contributed by atoms with Crippen LogP contribution in [-0.2, 0) is 0 Å². The zero-order valence-corrected chi connectivity index (χ0v) is 17.4. The Bertz CT molecular complexity index is 1110. The predicted molar refractivity (Wildman–Crippen MR) is 111 cm³/mol. The van der Waals surface area contributed by atoms with Gasteiger partial charge in [-0.2, -0.15) is 0 Å². The average Bonchev–Trinajstić information content (AvgIpc) is 3.37. The Balaban J connectivity index is 1.26. The van der Waals surface area contributed by atoms with E-state index in [-0.39, 0.29) is 23.1 Å². The molecule has 2 aliphatic rings. The second-order valence-electron chi connectivity index (χ2n) is 8.46. The van der Waals surface area contributed by atoms with Gasteiger partial charge in [0.15, 0.2) is 11.6 Å². The molecule has 2 aromatic carbocycles. The first-order valence-electron chi connectivity index (χ1n) is 10.2. The van der Waals surface area contributed by atoms with E-state index in [2.05, 4.69) is 15.1 Å². The van der Waals surface area contributed by atoms with Gasteiger partial charge in [-0.3, -0.25) is 9.69 Å². The van der Waals surface area contributed by atoms with Crippen LogP contribution in [0.1, 0.15) is 28.7 Å². The van der Waals surface area contributed by atoms with E-state index in [0.29, 0.717) is 30.4 Å². The lowest BCUT2D eigenvalue weighted by Gasteiger charge is -2.48. The molecule has 1 unspecified atom stereocenters. The number of hydrogen-bond donors (Lipinski definition) is 0. The molecule has 7 nitrogen and oxygen atoms in total. The molecule has 8 heteroatoms. The van der Waals surface area contributed by atoms with E-state index in [1.54, 1.807) is 11.0 Å². The minimum absolute atomic E-state index is 0.0124.